The summed E-state index contributed by atoms with van der Waals surface area (Å²) >= 11 is 1.49. The van der Waals surface area contributed by atoms with Gasteiger partial charge in [-0.25, -0.2) is 9.97 Å². The SMILES string of the molecule is Cc1cc(N2CCc3nc(N)sc3C2)ncc1[N+](=O)[O-]. The summed E-state index contributed by atoms with van der Waals surface area (Å²) in [7, 11) is 0. The first-order chi connectivity index (χ1) is 9.54. The molecule has 0 atom stereocenters. The third-order valence-corrected chi connectivity index (χ3v) is 4.25. The highest BCUT2D eigenvalue weighted by atomic mass is 32.1. The van der Waals surface area contributed by atoms with Crippen molar-refractivity contribution in [2.45, 2.75) is 19.9 Å². The molecule has 0 radical (unpaired) electrons. The second-order valence-corrected chi connectivity index (χ2v) is 5.79. The molecule has 20 heavy (non-hydrogen) atoms. The molecule has 0 spiro atoms. The van der Waals surface area contributed by atoms with Crippen LogP contribution in [0.25, 0.3) is 0 Å². The fourth-order valence-electron chi connectivity index (χ4n) is 2.31. The quantitative estimate of drug-likeness (QED) is 0.670. The number of thiazole rings is 1. The minimum Gasteiger partial charge on any atom is -0.375 e. The predicted octanol–water partition coefficient (Wildman–Crippen LogP) is 1.90. The molecule has 104 valence electrons. The van der Waals surface area contributed by atoms with E-state index in [1.807, 2.05) is 0 Å². The summed E-state index contributed by atoms with van der Waals surface area (Å²) in [6.07, 6.45) is 2.14. The Morgan fingerprint density at radius 1 is 1.55 bits per heavy atom. The molecule has 0 aromatic carbocycles. The van der Waals surface area contributed by atoms with Gasteiger partial charge in [0.2, 0.25) is 0 Å². The van der Waals surface area contributed by atoms with Gasteiger partial charge in [0.25, 0.3) is 5.69 Å². The lowest BCUT2D eigenvalue weighted by Gasteiger charge is -2.27. The second-order valence-electron chi connectivity index (χ2n) is 4.68. The molecule has 2 aromatic heterocycles. The Morgan fingerprint density at radius 2 is 2.35 bits per heavy atom. The highest BCUT2D eigenvalue weighted by Gasteiger charge is 2.22. The number of nitrogens with zero attached hydrogens (tertiary/aromatic N) is 4. The van der Waals surface area contributed by atoms with Crippen molar-refractivity contribution in [2.75, 3.05) is 17.2 Å². The maximum Gasteiger partial charge on any atom is 0.290 e. The Morgan fingerprint density at radius 3 is 3.05 bits per heavy atom. The summed E-state index contributed by atoms with van der Waals surface area (Å²) in [6.45, 7) is 3.22. The van der Waals surface area contributed by atoms with Gasteiger partial charge >= 0.3 is 0 Å². The van der Waals surface area contributed by atoms with E-state index in [9.17, 15) is 10.1 Å². The number of rotatable bonds is 2. The molecule has 7 nitrogen and oxygen atoms in total. The molecule has 0 saturated heterocycles. The molecule has 0 amide bonds. The van der Waals surface area contributed by atoms with Crippen LogP contribution in [0, 0.1) is 17.0 Å². The zero-order valence-corrected chi connectivity index (χ0v) is 11.7. The number of aryl methyl sites for hydroxylation is 1. The highest BCUT2D eigenvalue weighted by molar-refractivity contribution is 7.15. The lowest BCUT2D eigenvalue weighted by molar-refractivity contribution is -0.385. The minimum atomic E-state index is -0.412. The van der Waals surface area contributed by atoms with Gasteiger partial charge in [-0.2, -0.15) is 0 Å². The van der Waals surface area contributed by atoms with Gasteiger partial charge in [0, 0.05) is 23.4 Å². The number of nitrogens with two attached hydrogens (primary N) is 1. The fourth-order valence-corrected chi connectivity index (χ4v) is 3.20. The molecule has 8 heteroatoms. The van der Waals surface area contributed by atoms with Crippen molar-refractivity contribution in [3.05, 3.63) is 38.5 Å². The van der Waals surface area contributed by atoms with Crippen LogP contribution in [-0.4, -0.2) is 21.4 Å². The number of nitrogen functional groups attached to an aromatic ring is 1. The Bertz CT molecular complexity index is 684. The Kier molecular flexibility index (Phi) is 3.01. The first-order valence-electron chi connectivity index (χ1n) is 6.14. The molecule has 0 bridgehead atoms. The zero-order valence-electron chi connectivity index (χ0n) is 10.9. The summed E-state index contributed by atoms with van der Waals surface area (Å²) in [5.41, 5.74) is 7.45. The van der Waals surface area contributed by atoms with Crippen molar-refractivity contribution in [1.29, 1.82) is 0 Å². The lowest BCUT2D eigenvalue weighted by Crippen LogP contribution is -2.30. The Labute approximate surface area is 119 Å². The van der Waals surface area contributed by atoms with Crippen molar-refractivity contribution in [1.82, 2.24) is 9.97 Å². The number of anilines is 2. The molecule has 3 rings (SSSR count). The van der Waals surface area contributed by atoms with Crippen LogP contribution < -0.4 is 10.6 Å². The highest BCUT2D eigenvalue weighted by Crippen LogP contribution is 2.30. The van der Waals surface area contributed by atoms with Crippen molar-refractivity contribution < 1.29 is 4.92 Å². The molecule has 0 fully saturated rings. The van der Waals surface area contributed by atoms with Crippen LogP contribution in [0.1, 0.15) is 16.1 Å². The van der Waals surface area contributed by atoms with Crippen molar-refractivity contribution >= 4 is 28.0 Å². The first kappa shape index (κ1) is 12.8. The molecule has 0 saturated carbocycles. The Hall–Kier alpha value is -2.22. The van der Waals surface area contributed by atoms with Crippen LogP contribution in [0.3, 0.4) is 0 Å². The van der Waals surface area contributed by atoms with E-state index in [1.165, 1.54) is 17.5 Å². The number of nitro groups is 1. The van der Waals surface area contributed by atoms with Gasteiger partial charge in [0.15, 0.2) is 5.13 Å². The molecule has 2 aromatic rings. The fraction of sp³-hybridized carbons (Fsp3) is 0.333. The lowest BCUT2D eigenvalue weighted by atomic mass is 10.1. The summed E-state index contributed by atoms with van der Waals surface area (Å²) in [5, 5.41) is 11.4. The van der Waals surface area contributed by atoms with E-state index in [1.54, 1.807) is 13.0 Å². The molecule has 2 N–H and O–H groups in total. The van der Waals surface area contributed by atoms with Crippen LogP contribution in [0.4, 0.5) is 16.6 Å². The predicted molar refractivity (Wildman–Crippen MR) is 76.9 cm³/mol. The van der Waals surface area contributed by atoms with E-state index in [-0.39, 0.29) is 5.69 Å². The molecular formula is C12H13N5O2S. The van der Waals surface area contributed by atoms with Crippen molar-refractivity contribution in [2.24, 2.45) is 0 Å². The zero-order chi connectivity index (χ0) is 14.3. The number of fused-ring (bicyclic) bond motifs is 1. The average Bonchev–Trinajstić information content (AvgIpc) is 2.77. The molecular weight excluding hydrogens is 278 g/mol. The largest absolute Gasteiger partial charge is 0.375 e. The van der Waals surface area contributed by atoms with Gasteiger partial charge in [-0.1, -0.05) is 0 Å². The van der Waals surface area contributed by atoms with E-state index in [2.05, 4.69) is 14.9 Å². The van der Waals surface area contributed by atoms with Gasteiger partial charge in [-0.3, -0.25) is 10.1 Å². The molecule has 3 heterocycles. The summed E-state index contributed by atoms with van der Waals surface area (Å²) in [4.78, 5) is 22.1. The van der Waals surface area contributed by atoms with Crippen LogP contribution in [0.2, 0.25) is 0 Å². The molecule has 0 unspecified atom stereocenters. The topological polar surface area (TPSA) is 98.2 Å². The van der Waals surface area contributed by atoms with Gasteiger partial charge in [-0.05, 0) is 13.0 Å². The minimum absolute atomic E-state index is 0.0495. The van der Waals surface area contributed by atoms with Crippen LogP contribution in [0.15, 0.2) is 12.3 Å². The first-order valence-corrected chi connectivity index (χ1v) is 6.96. The third-order valence-electron chi connectivity index (χ3n) is 3.34. The van der Waals surface area contributed by atoms with E-state index < -0.39 is 4.92 Å². The summed E-state index contributed by atoms with van der Waals surface area (Å²) in [6, 6.07) is 1.76. The number of hydrogen-bond donors (Lipinski definition) is 1. The van der Waals surface area contributed by atoms with Crippen LogP contribution in [-0.2, 0) is 13.0 Å². The Balaban J connectivity index is 1.88. The maximum absolute atomic E-state index is 10.8. The van der Waals surface area contributed by atoms with Gasteiger partial charge in [0.1, 0.15) is 12.0 Å². The van der Waals surface area contributed by atoms with E-state index in [0.29, 0.717) is 17.2 Å². The molecule has 1 aliphatic heterocycles. The van der Waals surface area contributed by atoms with E-state index >= 15 is 0 Å². The van der Waals surface area contributed by atoms with Gasteiger partial charge < -0.3 is 10.6 Å². The van der Waals surface area contributed by atoms with Crippen molar-refractivity contribution in [3.8, 4) is 0 Å². The van der Waals surface area contributed by atoms with Crippen molar-refractivity contribution in [3.63, 3.8) is 0 Å². The van der Waals surface area contributed by atoms with Gasteiger partial charge in [0.05, 0.1) is 17.2 Å². The maximum atomic E-state index is 10.8. The number of pyridine rings is 1. The summed E-state index contributed by atoms with van der Waals surface area (Å²) < 4.78 is 0. The third kappa shape index (κ3) is 2.18. The number of hydrogen-bond acceptors (Lipinski definition) is 7. The van der Waals surface area contributed by atoms with Crippen LogP contribution in [0.5, 0.6) is 0 Å². The smallest absolute Gasteiger partial charge is 0.290 e. The van der Waals surface area contributed by atoms with Crippen LogP contribution >= 0.6 is 11.3 Å². The normalized spacial score (nSPS) is 14.2. The summed E-state index contributed by atoms with van der Waals surface area (Å²) in [5.74, 6) is 0.755. The van der Waals surface area contributed by atoms with E-state index in [4.69, 9.17) is 5.73 Å². The second kappa shape index (κ2) is 4.71. The van der Waals surface area contributed by atoms with Gasteiger partial charge in [-0.15, -0.1) is 11.3 Å². The monoisotopic (exact) mass is 291 g/mol. The average molecular weight is 291 g/mol. The molecule has 0 aliphatic carbocycles. The standard InChI is InChI=1S/C12H13N5O2S/c1-7-4-11(14-5-9(7)17(18)19)16-3-2-8-10(6-16)20-12(13)15-8/h4-5H,2-3,6H2,1H3,(H2,13,15). The van der Waals surface area contributed by atoms with E-state index in [0.717, 1.165) is 29.4 Å². The molecule has 1 aliphatic rings. The number of aromatic nitrogens is 2.